The van der Waals surface area contributed by atoms with Gasteiger partial charge in [-0.25, -0.2) is 0 Å². The molecule has 22 heavy (non-hydrogen) atoms. The van der Waals surface area contributed by atoms with E-state index in [1.807, 2.05) is 24.4 Å². The normalized spacial score (nSPS) is 13.5. The van der Waals surface area contributed by atoms with Gasteiger partial charge in [-0.05, 0) is 30.0 Å². The Morgan fingerprint density at radius 3 is 3.00 bits per heavy atom. The lowest BCUT2D eigenvalue weighted by molar-refractivity contribution is -0.121. The number of hydrogen-bond acceptors (Lipinski definition) is 4. The minimum Gasteiger partial charge on any atom is -0.481 e. The molecule has 0 atom stereocenters. The lowest BCUT2D eigenvalue weighted by Crippen LogP contribution is -2.39. The third kappa shape index (κ3) is 2.82. The number of nitrogens with zero attached hydrogens (tertiary/aromatic N) is 1. The molecule has 1 N–H and O–H groups in total. The zero-order valence-electron chi connectivity index (χ0n) is 12.2. The molecule has 2 aromatic rings. The fourth-order valence-electron chi connectivity index (χ4n) is 2.35. The molecule has 0 saturated carbocycles. The molecule has 0 spiro atoms. The maximum atomic E-state index is 12.1. The number of thiophene rings is 1. The number of ether oxygens (including phenoxy) is 1. The van der Waals surface area contributed by atoms with Crippen LogP contribution >= 0.6 is 11.3 Å². The van der Waals surface area contributed by atoms with Gasteiger partial charge in [-0.2, -0.15) is 0 Å². The van der Waals surface area contributed by atoms with Crippen molar-refractivity contribution in [2.24, 2.45) is 0 Å². The number of carbonyl (C=O) groups is 2. The zero-order chi connectivity index (χ0) is 15.5. The van der Waals surface area contributed by atoms with Gasteiger partial charge in [0, 0.05) is 18.3 Å². The Morgan fingerprint density at radius 1 is 1.41 bits per heavy atom. The molecule has 6 heteroatoms. The average Bonchev–Trinajstić information content (AvgIpc) is 3.05. The predicted molar refractivity (Wildman–Crippen MR) is 86.9 cm³/mol. The highest BCUT2D eigenvalue weighted by Gasteiger charge is 2.25. The van der Waals surface area contributed by atoms with Gasteiger partial charge in [0.25, 0.3) is 11.8 Å². The van der Waals surface area contributed by atoms with Crippen LogP contribution in [0.3, 0.4) is 0 Å². The number of hydrogen-bond donors (Lipinski definition) is 1. The molecule has 5 nitrogen and oxygen atoms in total. The van der Waals surface area contributed by atoms with Gasteiger partial charge in [-0.3, -0.25) is 9.59 Å². The first-order chi connectivity index (χ1) is 10.7. The standard InChI is InChI=1S/C16H16N2O3S/c1-2-7-18-12-6-5-11(9-13(12)21-10-15(18)19)17-16(20)14-4-3-8-22-14/h3-6,8-9H,2,7,10H2,1H3,(H,17,20). The van der Waals surface area contributed by atoms with Crippen molar-refractivity contribution in [1.82, 2.24) is 0 Å². The SMILES string of the molecule is CCCN1C(=O)COc2cc(NC(=O)c3cccs3)ccc21. The van der Waals surface area contributed by atoms with Crippen LogP contribution < -0.4 is 15.0 Å². The topological polar surface area (TPSA) is 58.6 Å². The fraction of sp³-hybridized carbons (Fsp3) is 0.250. The van der Waals surface area contributed by atoms with Gasteiger partial charge in [-0.1, -0.05) is 13.0 Å². The van der Waals surface area contributed by atoms with Crippen molar-refractivity contribution >= 4 is 34.5 Å². The van der Waals surface area contributed by atoms with E-state index in [1.54, 1.807) is 23.1 Å². The smallest absolute Gasteiger partial charge is 0.265 e. The number of amides is 2. The van der Waals surface area contributed by atoms with E-state index in [9.17, 15) is 9.59 Å². The van der Waals surface area contributed by atoms with Crippen LogP contribution in [0.5, 0.6) is 5.75 Å². The highest BCUT2D eigenvalue weighted by Crippen LogP contribution is 2.34. The van der Waals surface area contributed by atoms with Crippen molar-refractivity contribution in [1.29, 1.82) is 0 Å². The van der Waals surface area contributed by atoms with Gasteiger partial charge in [0.2, 0.25) is 0 Å². The molecule has 0 radical (unpaired) electrons. The average molecular weight is 316 g/mol. The Bertz CT molecular complexity index is 697. The second kappa shape index (κ2) is 6.19. The molecule has 0 bridgehead atoms. The lowest BCUT2D eigenvalue weighted by atomic mass is 10.2. The van der Waals surface area contributed by atoms with E-state index in [-0.39, 0.29) is 18.4 Å². The van der Waals surface area contributed by atoms with Crippen molar-refractivity contribution in [2.45, 2.75) is 13.3 Å². The second-order valence-corrected chi connectivity index (χ2v) is 5.90. The Hall–Kier alpha value is -2.34. The maximum absolute atomic E-state index is 12.1. The second-order valence-electron chi connectivity index (χ2n) is 4.95. The highest BCUT2D eigenvalue weighted by atomic mass is 32.1. The molecule has 1 aromatic carbocycles. The van der Waals surface area contributed by atoms with Crippen LogP contribution in [0.1, 0.15) is 23.0 Å². The number of carbonyl (C=O) groups excluding carboxylic acids is 2. The van der Waals surface area contributed by atoms with Crippen molar-refractivity contribution in [2.75, 3.05) is 23.4 Å². The van der Waals surface area contributed by atoms with Crippen LogP contribution in [0.25, 0.3) is 0 Å². The van der Waals surface area contributed by atoms with Gasteiger partial charge in [0.1, 0.15) is 5.75 Å². The summed E-state index contributed by atoms with van der Waals surface area (Å²) in [5.74, 6) is 0.439. The first-order valence-electron chi connectivity index (χ1n) is 7.11. The molecule has 2 amide bonds. The number of benzene rings is 1. The van der Waals surface area contributed by atoms with Crippen LogP contribution in [0.4, 0.5) is 11.4 Å². The summed E-state index contributed by atoms with van der Waals surface area (Å²) < 4.78 is 5.49. The van der Waals surface area contributed by atoms with E-state index in [0.29, 0.717) is 22.9 Å². The molecule has 114 valence electrons. The molecule has 1 aliphatic rings. The Balaban J connectivity index is 1.82. The van der Waals surface area contributed by atoms with Gasteiger partial charge in [0.15, 0.2) is 6.61 Å². The summed E-state index contributed by atoms with van der Waals surface area (Å²) >= 11 is 1.39. The first-order valence-corrected chi connectivity index (χ1v) is 7.99. The van der Waals surface area contributed by atoms with Crippen LogP contribution in [0, 0.1) is 0 Å². The quantitative estimate of drug-likeness (QED) is 0.942. The molecule has 2 heterocycles. The Kier molecular flexibility index (Phi) is 4.11. The monoisotopic (exact) mass is 316 g/mol. The molecule has 0 saturated heterocycles. The van der Waals surface area contributed by atoms with Gasteiger partial charge in [0.05, 0.1) is 10.6 Å². The van der Waals surface area contributed by atoms with Crippen molar-refractivity contribution < 1.29 is 14.3 Å². The number of nitrogens with one attached hydrogen (secondary N) is 1. The molecular weight excluding hydrogens is 300 g/mol. The van der Waals surface area contributed by atoms with Gasteiger partial charge < -0.3 is 15.0 Å². The number of rotatable bonds is 4. The summed E-state index contributed by atoms with van der Waals surface area (Å²) in [6, 6.07) is 8.97. The van der Waals surface area contributed by atoms with E-state index in [2.05, 4.69) is 5.32 Å². The van der Waals surface area contributed by atoms with Crippen LogP contribution in [-0.4, -0.2) is 25.0 Å². The summed E-state index contributed by atoms with van der Waals surface area (Å²) in [7, 11) is 0. The summed E-state index contributed by atoms with van der Waals surface area (Å²) in [5.41, 5.74) is 1.41. The zero-order valence-corrected chi connectivity index (χ0v) is 13.0. The van der Waals surface area contributed by atoms with Crippen molar-refractivity contribution in [3.8, 4) is 5.75 Å². The largest absolute Gasteiger partial charge is 0.481 e. The molecular formula is C16H16N2O3S. The van der Waals surface area contributed by atoms with Crippen LogP contribution in [0.15, 0.2) is 35.7 Å². The number of anilines is 2. The van der Waals surface area contributed by atoms with E-state index < -0.39 is 0 Å². The summed E-state index contributed by atoms with van der Waals surface area (Å²) in [5, 5.41) is 4.70. The maximum Gasteiger partial charge on any atom is 0.265 e. The third-order valence-corrected chi connectivity index (χ3v) is 4.22. The molecule has 1 aliphatic heterocycles. The fourth-order valence-corrected chi connectivity index (χ4v) is 2.97. The molecule has 0 unspecified atom stereocenters. The Morgan fingerprint density at radius 2 is 2.27 bits per heavy atom. The molecule has 0 aliphatic carbocycles. The summed E-state index contributed by atoms with van der Waals surface area (Å²) in [6.07, 6.45) is 0.877. The van der Waals surface area contributed by atoms with Gasteiger partial charge >= 0.3 is 0 Å². The predicted octanol–water partition coefficient (Wildman–Crippen LogP) is 3.14. The number of fused-ring (bicyclic) bond motifs is 1. The van der Waals surface area contributed by atoms with E-state index >= 15 is 0 Å². The lowest BCUT2D eigenvalue weighted by Gasteiger charge is -2.29. The third-order valence-electron chi connectivity index (χ3n) is 3.35. The van der Waals surface area contributed by atoms with Crippen LogP contribution in [0.2, 0.25) is 0 Å². The summed E-state index contributed by atoms with van der Waals surface area (Å²) in [6.45, 7) is 2.73. The molecule has 3 rings (SSSR count). The molecule has 0 fully saturated rings. The van der Waals surface area contributed by atoms with Crippen molar-refractivity contribution in [3.63, 3.8) is 0 Å². The molecule has 1 aromatic heterocycles. The van der Waals surface area contributed by atoms with E-state index in [4.69, 9.17) is 4.74 Å². The minimum atomic E-state index is -0.146. The highest BCUT2D eigenvalue weighted by molar-refractivity contribution is 7.12. The minimum absolute atomic E-state index is 0.0370. The van der Waals surface area contributed by atoms with Gasteiger partial charge in [-0.15, -0.1) is 11.3 Å². The van der Waals surface area contributed by atoms with Crippen LogP contribution in [-0.2, 0) is 4.79 Å². The van der Waals surface area contributed by atoms with Crippen molar-refractivity contribution in [3.05, 3.63) is 40.6 Å². The summed E-state index contributed by atoms with van der Waals surface area (Å²) in [4.78, 5) is 26.3. The van der Waals surface area contributed by atoms with E-state index in [0.717, 1.165) is 12.1 Å². The van der Waals surface area contributed by atoms with E-state index in [1.165, 1.54) is 11.3 Å². The Labute approximate surface area is 132 Å². The first kappa shape index (κ1) is 14.6.